The molecule has 71 heavy (non-hydrogen) atoms. The summed E-state index contributed by atoms with van der Waals surface area (Å²) < 4.78 is 0. The van der Waals surface area contributed by atoms with Crippen molar-refractivity contribution >= 4 is 110 Å². The van der Waals surface area contributed by atoms with E-state index in [2.05, 4.69) is 35.9 Å². The van der Waals surface area contributed by atoms with Crippen LogP contribution in [-0.2, 0) is 6.42 Å². The highest BCUT2D eigenvalue weighted by atomic mass is 35.5. The fourth-order valence-corrected chi connectivity index (χ4v) is 6.19. The molecule has 0 saturated carbocycles. The second-order valence-electron chi connectivity index (χ2n) is 14.9. The van der Waals surface area contributed by atoms with Crippen molar-refractivity contribution in [3.63, 3.8) is 0 Å². The van der Waals surface area contributed by atoms with Crippen molar-refractivity contribution in [3.8, 4) is 0 Å². The van der Waals surface area contributed by atoms with E-state index in [1.54, 1.807) is 88.1 Å². The van der Waals surface area contributed by atoms with Crippen LogP contribution in [0, 0.1) is 13.8 Å². The maximum Gasteiger partial charge on any atom is 0.257 e. The lowest BCUT2D eigenvalue weighted by molar-refractivity contribution is 0.0820. The molecule has 3 aromatic carbocycles. The lowest BCUT2D eigenvalue weighted by atomic mass is 10.0. The normalized spacial score (nSPS) is 10.2. The number of anilines is 5. The molecule has 5 N–H and O–H groups in total. The number of para-hydroxylation sites is 3. The molecule has 0 bridgehead atoms. The van der Waals surface area contributed by atoms with Gasteiger partial charge >= 0.3 is 0 Å². The number of carbonyl (C=O) groups is 4. The van der Waals surface area contributed by atoms with Crippen molar-refractivity contribution in [2.24, 2.45) is 0 Å². The third kappa shape index (κ3) is 21.1. The van der Waals surface area contributed by atoms with E-state index in [-0.39, 0.29) is 38.8 Å². The SMILES string of the molecule is CN(C)C(=O)c1cccnc1Cl.CNC.Cc1ccccc1N.Cc1ccccc1Nc1ncccc1C(=O)N(C)C.ClCCl.O=C(Cl)c1cccnc1Cl.O=C1Cc2ccccc2Nc2ncccc21. The quantitative estimate of drug-likeness (QED) is 0.0553. The Morgan fingerprint density at radius 1 is 0.634 bits per heavy atom. The van der Waals surface area contributed by atoms with Crippen molar-refractivity contribution in [1.29, 1.82) is 0 Å². The zero-order valence-electron chi connectivity index (χ0n) is 40.6. The van der Waals surface area contributed by atoms with E-state index in [1.807, 2.05) is 107 Å². The molecule has 14 nitrogen and oxygen atoms in total. The van der Waals surface area contributed by atoms with Crippen molar-refractivity contribution in [3.05, 3.63) is 195 Å². The minimum Gasteiger partial charge on any atom is -0.399 e. The van der Waals surface area contributed by atoms with Crippen LogP contribution in [0.4, 0.5) is 28.7 Å². The molecule has 0 saturated heterocycles. The molecule has 0 radical (unpaired) electrons. The monoisotopic (exact) mass is 1060 g/mol. The molecular formula is C52H57Cl5N10O4. The minimum absolute atomic E-state index is 0.0656. The Balaban J connectivity index is 0.000000304. The molecule has 7 aromatic rings. The fraction of sp³-hybridized carbons (Fsp3) is 0.192. The summed E-state index contributed by atoms with van der Waals surface area (Å²) in [4.78, 5) is 64.9. The van der Waals surface area contributed by atoms with Gasteiger partial charge in [0.25, 0.3) is 17.1 Å². The first-order valence-corrected chi connectivity index (χ1v) is 23.6. The van der Waals surface area contributed by atoms with Crippen LogP contribution in [-0.4, -0.2) is 100 Å². The third-order valence-electron chi connectivity index (χ3n) is 9.13. The average Bonchev–Trinajstić information content (AvgIpc) is 3.50. The predicted molar refractivity (Wildman–Crippen MR) is 293 cm³/mol. The highest BCUT2D eigenvalue weighted by molar-refractivity contribution is 6.68. The number of nitrogens with one attached hydrogen (secondary N) is 3. The molecule has 4 aromatic heterocycles. The van der Waals surface area contributed by atoms with Crippen LogP contribution >= 0.6 is 58.0 Å². The number of hydrogen-bond acceptors (Lipinski definition) is 12. The molecule has 374 valence electrons. The van der Waals surface area contributed by atoms with E-state index in [4.69, 9.17) is 63.7 Å². The summed E-state index contributed by atoms with van der Waals surface area (Å²) in [5, 5.41) is 9.17. The van der Waals surface area contributed by atoms with Crippen LogP contribution < -0.4 is 21.7 Å². The van der Waals surface area contributed by atoms with Gasteiger partial charge in [-0.25, -0.2) is 19.9 Å². The molecule has 0 atom stereocenters. The number of pyridine rings is 4. The molecule has 19 heteroatoms. The summed E-state index contributed by atoms with van der Waals surface area (Å²) in [5.41, 5.74) is 13.5. The summed E-state index contributed by atoms with van der Waals surface area (Å²) >= 11 is 25.9. The Labute approximate surface area is 440 Å². The van der Waals surface area contributed by atoms with Gasteiger partial charge in [-0.1, -0.05) is 77.8 Å². The number of aromatic nitrogens is 4. The number of amides is 2. The van der Waals surface area contributed by atoms with Crippen LogP contribution in [0.25, 0.3) is 0 Å². The van der Waals surface area contributed by atoms with Gasteiger partial charge in [0.2, 0.25) is 0 Å². The van der Waals surface area contributed by atoms with Crippen molar-refractivity contribution in [2.75, 3.05) is 64.0 Å². The number of ketones is 1. The molecule has 0 unspecified atom stereocenters. The number of carbonyl (C=O) groups excluding carboxylic acids is 4. The van der Waals surface area contributed by atoms with Gasteiger partial charge in [0.1, 0.15) is 21.9 Å². The standard InChI is InChI=1S/C15H17N3O.C13H10N2O.C8H9ClN2O.C7H9N.C6H3Cl2NO.C2H7N.CH2Cl2/c1-11-7-4-5-9-13(11)17-14-12(8-6-10-16-14)15(19)18(2)3;16-12-8-9-4-1-2-6-11(9)15-13-10(12)5-3-7-14-13;1-11(2)8(12)6-4-3-5-10-7(6)9;1-6-4-2-3-5-7(6)8;7-5-4(6(8)10)2-1-3-9-5;1-3-2;2-1-3/h4-10H,1-3H3,(H,16,17);1-7H,8H2,(H,14,15);3-5H,1-2H3;2-5H,8H2,1H3;1-3H;3H,1-2H3;1H2. The molecule has 2 amide bonds. The summed E-state index contributed by atoms with van der Waals surface area (Å²) in [5.74, 6) is 1.14. The number of aryl methyl sites for hydroxylation is 2. The molecule has 1 aliphatic heterocycles. The number of nitrogens with two attached hydrogens (primary N) is 1. The van der Waals surface area contributed by atoms with E-state index >= 15 is 0 Å². The van der Waals surface area contributed by atoms with Crippen LogP contribution in [0.15, 0.2) is 146 Å². The maximum absolute atomic E-state index is 12.1. The first-order chi connectivity index (χ1) is 33.9. The van der Waals surface area contributed by atoms with Gasteiger partial charge in [0.15, 0.2) is 5.78 Å². The van der Waals surface area contributed by atoms with Gasteiger partial charge in [-0.2, -0.15) is 0 Å². The van der Waals surface area contributed by atoms with E-state index < -0.39 is 5.24 Å². The molecular weight excluding hydrogens is 1010 g/mol. The Hall–Kier alpha value is -6.65. The number of Topliss-reactive ketones (excluding diaryl/α,β-unsaturated/α-hetero) is 1. The zero-order chi connectivity index (χ0) is 52.9. The number of nitrogen functional groups attached to an aromatic ring is 1. The number of alkyl halides is 2. The van der Waals surface area contributed by atoms with Gasteiger partial charge in [-0.05, 0) is 123 Å². The second-order valence-corrected chi connectivity index (χ2v) is 16.8. The van der Waals surface area contributed by atoms with Gasteiger partial charge in [0.05, 0.1) is 27.6 Å². The van der Waals surface area contributed by atoms with Crippen LogP contribution in [0.5, 0.6) is 0 Å². The average molecular weight is 1060 g/mol. The van der Waals surface area contributed by atoms with E-state index in [0.29, 0.717) is 34.7 Å². The molecule has 8 rings (SSSR count). The third-order valence-corrected chi connectivity index (χ3v) is 9.93. The molecule has 0 spiro atoms. The first-order valence-electron chi connectivity index (χ1n) is 21.4. The summed E-state index contributed by atoms with van der Waals surface area (Å²) in [6.45, 7) is 4.01. The van der Waals surface area contributed by atoms with Gasteiger partial charge in [-0.15, -0.1) is 23.2 Å². The zero-order valence-corrected chi connectivity index (χ0v) is 44.3. The summed E-state index contributed by atoms with van der Waals surface area (Å²) in [6, 6.07) is 37.1. The molecule has 5 heterocycles. The van der Waals surface area contributed by atoms with E-state index in [1.165, 1.54) is 17.2 Å². The smallest absolute Gasteiger partial charge is 0.257 e. The van der Waals surface area contributed by atoms with Crippen LogP contribution in [0.1, 0.15) is 58.1 Å². The fourth-order valence-electron chi connectivity index (χ4n) is 5.59. The second kappa shape index (κ2) is 33.0. The van der Waals surface area contributed by atoms with E-state index in [0.717, 1.165) is 33.8 Å². The lowest BCUT2D eigenvalue weighted by Gasteiger charge is -2.15. The topological polar surface area (TPSA) is 188 Å². The first kappa shape index (κ1) is 60.5. The number of benzene rings is 3. The Kier molecular flexibility index (Phi) is 28.1. The molecule has 1 aliphatic rings. The number of hydrogen-bond donors (Lipinski definition) is 4. The number of rotatable bonds is 5. The van der Waals surface area contributed by atoms with Gasteiger partial charge in [-0.3, -0.25) is 19.2 Å². The Morgan fingerprint density at radius 2 is 1.10 bits per heavy atom. The van der Waals surface area contributed by atoms with Crippen LogP contribution in [0.2, 0.25) is 10.3 Å². The highest BCUT2D eigenvalue weighted by Crippen LogP contribution is 2.28. The number of nitrogens with zero attached hydrogens (tertiary/aromatic N) is 6. The maximum atomic E-state index is 12.1. The number of halogens is 5. The summed E-state index contributed by atoms with van der Waals surface area (Å²) in [6.07, 6.45) is 6.84. The largest absolute Gasteiger partial charge is 0.399 e. The van der Waals surface area contributed by atoms with Crippen molar-refractivity contribution in [2.45, 2.75) is 20.3 Å². The Bertz CT molecular complexity index is 2760. The lowest BCUT2D eigenvalue weighted by Crippen LogP contribution is -2.23. The summed E-state index contributed by atoms with van der Waals surface area (Å²) in [7, 11) is 10.6. The molecule has 0 aliphatic carbocycles. The molecule has 0 fully saturated rings. The van der Waals surface area contributed by atoms with E-state index in [9.17, 15) is 19.2 Å². The van der Waals surface area contributed by atoms with Crippen molar-refractivity contribution in [1.82, 2.24) is 35.1 Å². The van der Waals surface area contributed by atoms with Gasteiger partial charge in [0, 0.05) is 76.5 Å². The predicted octanol–water partition coefficient (Wildman–Crippen LogP) is 11.8. The number of fused-ring (bicyclic) bond motifs is 2. The van der Waals surface area contributed by atoms with Gasteiger partial charge < -0.3 is 31.5 Å². The van der Waals surface area contributed by atoms with Crippen LogP contribution in [0.3, 0.4) is 0 Å². The highest BCUT2D eigenvalue weighted by Gasteiger charge is 2.19. The minimum atomic E-state index is -0.585. The van der Waals surface area contributed by atoms with Crippen molar-refractivity contribution < 1.29 is 19.2 Å². The Morgan fingerprint density at radius 3 is 1.61 bits per heavy atom.